The average Bonchev–Trinajstić information content (AvgIpc) is 2.31. The average molecular weight is 168 g/mol. The highest BCUT2D eigenvalue weighted by Gasteiger charge is 2.19. The van der Waals surface area contributed by atoms with Crippen LogP contribution in [-0.4, -0.2) is 17.9 Å². The fourth-order valence-electron chi connectivity index (χ4n) is 1.22. The van der Waals surface area contributed by atoms with Crippen molar-refractivity contribution in [2.45, 2.75) is 33.1 Å². The minimum atomic E-state index is -1.15. The molecule has 1 rings (SSSR count). The van der Waals surface area contributed by atoms with E-state index in [0.29, 0.717) is 0 Å². The molecule has 0 atom stereocenters. The summed E-state index contributed by atoms with van der Waals surface area (Å²) in [5, 5.41) is 5.70. The molecule has 0 saturated carbocycles. The minimum absolute atomic E-state index is 0.993. The smallest absolute Gasteiger partial charge is 0.101 e. The molecule has 0 radical (unpaired) electrons. The van der Waals surface area contributed by atoms with Gasteiger partial charge in [0.1, 0.15) is 8.07 Å². The molecule has 0 unspecified atom stereocenters. The van der Waals surface area contributed by atoms with Gasteiger partial charge in [-0.15, -0.1) is 0 Å². The molecule has 1 heterocycles. The van der Waals surface area contributed by atoms with Gasteiger partial charge in [-0.25, -0.2) is 0 Å². The summed E-state index contributed by atoms with van der Waals surface area (Å²) in [5.41, 5.74) is 0. The fraction of sp³-hybridized carbons (Fsp3) is 0.625. The lowest BCUT2D eigenvalue weighted by Crippen LogP contribution is -2.42. The SMILES string of the molecule is CCn1nccc1[Si](C)(C)C. The lowest BCUT2D eigenvalue weighted by Gasteiger charge is -2.16. The molecule has 0 fully saturated rings. The Morgan fingerprint density at radius 2 is 2.09 bits per heavy atom. The van der Waals surface area contributed by atoms with Crippen molar-refractivity contribution in [3.63, 3.8) is 0 Å². The van der Waals surface area contributed by atoms with Gasteiger partial charge in [0.25, 0.3) is 0 Å². The molecule has 0 spiro atoms. The molecule has 0 saturated heterocycles. The molecule has 0 aliphatic heterocycles. The first kappa shape index (κ1) is 8.52. The van der Waals surface area contributed by atoms with Crippen LogP contribution in [0.2, 0.25) is 19.6 Å². The summed E-state index contributed by atoms with van der Waals surface area (Å²) >= 11 is 0. The molecule has 1 aromatic heterocycles. The van der Waals surface area contributed by atoms with E-state index in [1.807, 2.05) is 6.20 Å². The van der Waals surface area contributed by atoms with Crippen molar-refractivity contribution < 1.29 is 0 Å². The van der Waals surface area contributed by atoms with Crippen LogP contribution in [0, 0.1) is 0 Å². The van der Waals surface area contributed by atoms with Crippen LogP contribution in [-0.2, 0) is 6.54 Å². The van der Waals surface area contributed by atoms with Gasteiger partial charge in [-0.05, 0) is 13.0 Å². The Bertz CT molecular complexity index is 234. The summed E-state index contributed by atoms with van der Waals surface area (Å²) in [4.78, 5) is 0. The van der Waals surface area contributed by atoms with Crippen LogP contribution >= 0.6 is 0 Å². The Labute approximate surface area is 69.2 Å². The second kappa shape index (κ2) is 2.81. The van der Waals surface area contributed by atoms with E-state index in [2.05, 4.69) is 42.4 Å². The third kappa shape index (κ3) is 1.71. The zero-order valence-electron chi connectivity index (χ0n) is 7.76. The summed E-state index contributed by atoms with van der Waals surface area (Å²) < 4.78 is 2.10. The van der Waals surface area contributed by atoms with Crippen LogP contribution in [0.3, 0.4) is 0 Å². The van der Waals surface area contributed by atoms with E-state index in [9.17, 15) is 0 Å². The molecule has 62 valence electrons. The van der Waals surface area contributed by atoms with Crippen molar-refractivity contribution in [2.24, 2.45) is 0 Å². The summed E-state index contributed by atoms with van der Waals surface area (Å²) in [6.07, 6.45) is 1.90. The lowest BCUT2D eigenvalue weighted by atomic mass is 10.7. The van der Waals surface area contributed by atoms with Crippen molar-refractivity contribution in [3.8, 4) is 0 Å². The quantitative estimate of drug-likeness (QED) is 0.611. The van der Waals surface area contributed by atoms with Gasteiger partial charge >= 0.3 is 0 Å². The highest BCUT2D eigenvalue weighted by Crippen LogP contribution is 2.00. The van der Waals surface area contributed by atoms with Gasteiger partial charge in [-0.2, -0.15) is 5.10 Å². The molecule has 0 aliphatic rings. The van der Waals surface area contributed by atoms with Gasteiger partial charge in [-0.1, -0.05) is 19.6 Å². The molecule has 1 aromatic rings. The Hall–Kier alpha value is -0.573. The maximum Gasteiger partial charge on any atom is 0.101 e. The molecule has 11 heavy (non-hydrogen) atoms. The molecule has 2 nitrogen and oxygen atoms in total. The maximum absolute atomic E-state index is 4.25. The van der Waals surface area contributed by atoms with Crippen molar-refractivity contribution >= 4 is 13.4 Å². The first-order valence-electron chi connectivity index (χ1n) is 4.08. The Balaban J connectivity index is 3.02. The Morgan fingerprint density at radius 1 is 1.45 bits per heavy atom. The highest BCUT2D eigenvalue weighted by molar-refractivity contribution is 6.88. The Kier molecular flexibility index (Phi) is 2.18. The minimum Gasteiger partial charge on any atom is -0.274 e. The van der Waals surface area contributed by atoms with Gasteiger partial charge in [0.05, 0.1) is 0 Å². The van der Waals surface area contributed by atoms with Gasteiger partial charge in [-0.3, -0.25) is 4.68 Å². The Morgan fingerprint density at radius 3 is 2.45 bits per heavy atom. The molecular weight excluding hydrogens is 152 g/mol. The van der Waals surface area contributed by atoms with E-state index in [-0.39, 0.29) is 0 Å². The molecule has 0 aliphatic carbocycles. The van der Waals surface area contributed by atoms with E-state index >= 15 is 0 Å². The summed E-state index contributed by atoms with van der Waals surface area (Å²) in [7, 11) is -1.15. The number of aromatic nitrogens is 2. The predicted molar refractivity (Wildman–Crippen MR) is 50.9 cm³/mol. The predicted octanol–water partition coefficient (Wildman–Crippen LogP) is 1.45. The number of aryl methyl sites for hydroxylation is 1. The lowest BCUT2D eigenvalue weighted by molar-refractivity contribution is 0.675. The summed E-state index contributed by atoms with van der Waals surface area (Å²) in [5.74, 6) is 0. The molecule has 3 heteroatoms. The van der Waals surface area contributed by atoms with E-state index in [0.717, 1.165) is 6.54 Å². The standard InChI is InChI=1S/C8H16N2Si/c1-5-10-8(6-7-9-10)11(2,3)4/h6-7H,5H2,1-4H3. The van der Waals surface area contributed by atoms with Crippen LogP contribution in [0.15, 0.2) is 12.3 Å². The first-order valence-corrected chi connectivity index (χ1v) is 7.58. The van der Waals surface area contributed by atoms with Crippen LogP contribution in [0.5, 0.6) is 0 Å². The number of nitrogens with zero attached hydrogens (tertiary/aromatic N) is 2. The van der Waals surface area contributed by atoms with E-state index in [1.54, 1.807) is 0 Å². The monoisotopic (exact) mass is 168 g/mol. The fourth-order valence-corrected chi connectivity index (χ4v) is 2.79. The topological polar surface area (TPSA) is 17.8 Å². The molecule has 0 aromatic carbocycles. The van der Waals surface area contributed by atoms with Crippen LogP contribution in [0.25, 0.3) is 0 Å². The first-order chi connectivity index (χ1) is 5.05. The maximum atomic E-state index is 4.25. The van der Waals surface area contributed by atoms with Crippen molar-refractivity contribution in [1.82, 2.24) is 9.78 Å². The summed E-state index contributed by atoms with van der Waals surface area (Å²) in [6.45, 7) is 10.2. The zero-order chi connectivity index (χ0) is 8.48. The molecular formula is C8H16N2Si. The van der Waals surface area contributed by atoms with Crippen molar-refractivity contribution in [2.75, 3.05) is 0 Å². The molecule has 0 N–H and O–H groups in total. The number of hydrogen-bond acceptors (Lipinski definition) is 1. The third-order valence-corrected chi connectivity index (χ3v) is 3.75. The molecule has 0 bridgehead atoms. The molecule has 0 amide bonds. The highest BCUT2D eigenvalue weighted by atomic mass is 28.3. The van der Waals surface area contributed by atoms with Gasteiger partial charge < -0.3 is 0 Å². The zero-order valence-corrected chi connectivity index (χ0v) is 8.76. The number of rotatable bonds is 2. The van der Waals surface area contributed by atoms with E-state index < -0.39 is 8.07 Å². The normalized spacial score (nSPS) is 12.0. The summed E-state index contributed by atoms with van der Waals surface area (Å²) in [6, 6.07) is 2.15. The van der Waals surface area contributed by atoms with Crippen LogP contribution < -0.4 is 5.32 Å². The van der Waals surface area contributed by atoms with Gasteiger partial charge in [0, 0.05) is 18.1 Å². The van der Waals surface area contributed by atoms with Crippen LogP contribution in [0.1, 0.15) is 6.92 Å². The van der Waals surface area contributed by atoms with Crippen LogP contribution in [0.4, 0.5) is 0 Å². The second-order valence-corrected chi connectivity index (χ2v) is 8.79. The van der Waals surface area contributed by atoms with Crippen molar-refractivity contribution in [3.05, 3.63) is 12.3 Å². The second-order valence-electron chi connectivity index (χ2n) is 3.78. The third-order valence-electron chi connectivity index (χ3n) is 1.78. The largest absolute Gasteiger partial charge is 0.274 e. The number of hydrogen-bond donors (Lipinski definition) is 0. The van der Waals surface area contributed by atoms with Crippen molar-refractivity contribution in [1.29, 1.82) is 0 Å². The van der Waals surface area contributed by atoms with Gasteiger partial charge in [0.15, 0.2) is 0 Å². The van der Waals surface area contributed by atoms with E-state index in [1.165, 1.54) is 5.32 Å². The van der Waals surface area contributed by atoms with Gasteiger partial charge in [0.2, 0.25) is 0 Å². The van der Waals surface area contributed by atoms with E-state index in [4.69, 9.17) is 0 Å².